The van der Waals surface area contributed by atoms with Crippen LogP contribution in [0.4, 0.5) is 4.79 Å². The average Bonchev–Trinajstić information content (AvgIpc) is 2.96. The lowest BCUT2D eigenvalue weighted by atomic mass is 9.85. The van der Waals surface area contributed by atoms with Gasteiger partial charge in [-0.25, -0.2) is 9.79 Å². The van der Waals surface area contributed by atoms with Gasteiger partial charge in [0.15, 0.2) is 12.0 Å². The van der Waals surface area contributed by atoms with Crippen molar-refractivity contribution >= 4 is 22.4 Å². The number of urea groups is 1. The zero-order valence-electron chi connectivity index (χ0n) is 14.4. The number of aromatic nitrogens is 2. The predicted molar refractivity (Wildman–Crippen MR) is 89.2 cm³/mol. The molecule has 1 aliphatic carbocycles. The summed E-state index contributed by atoms with van der Waals surface area (Å²) in [5.41, 5.74) is 11.2. The Bertz CT molecular complexity index is 973. The maximum absolute atomic E-state index is 12.7. The Morgan fingerprint density at radius 2 is 2.04 bits per heavy atom. The first-order chi connectivity index (χ1) is 13.2. The summed E-state index contributed by atoms with van der Waals surface area (Å²) in [6, 6.07) is -2.34. The van der Waals surface area contributed by atoms with E-state index in [0.717, 1.165) is 17.9 Å². The number of fused-ring (bicyclic) bond motifs is 3. The molecule has 2 amide bonds. The fraction of sp³-hybridized carbons (Fsp3) is 0.692. The number of aliphatic imine (C=N–C) groups is 1. The predicted octanol–water partition coefficient (Wildman–Crippen LogP) is -1.62. The molecule has 0 aromatic carbocycles. The zero-order chi connectivity index (χ0) is 19.8. The molecule has 3 aliphatic heterocycles. The van der Waals surface area contributed by atoms with Crippen LogP contribution in [0.5, 0.6) is 0 Å². The van der Waals surface area contributed by atoms with Gasteiger partial charge in [-0.15, -0.1) is 14.5 Å². The lowest BCUT2D eigenvalue weighted by Crippen LogP contribution is -2.43. The van der Waals surface area contributed by atoms with Crippen molar-refractivity contribution in [2.45, 2.75) is 43.6 Å². The van der Waals surface area contributed by atoms with E-state index in [1.54, 1.807) is 0 Å². The second-order valence-electron chi connectivity index (χ2n) is 7.47. The standard InChI is InChI=1S/C13H18N8O6S/c14-8-7(16-11(15)17-8)10-19-18-9(26-10)5-3-13(1-2-13)6-4-20(5)12(22)21(6)27-28(23,24)25/h5-8H,1-4,14H2,(H3,15,16,17)(H,23,24,25)/t5-,6-,7?,8?/m0/s1. The van der Waals surface area contributed by atoms with Crippen molar-refractivity contribution in [1.82, 2.24) is 25.5 Å². The molecule has 1 aromatic heterocycles. The average molecular weight is 414 g/mol. The van der Waals surface area contributed by atoms with Crippen LogP contribution in [0.1, 0.15) is 43.1 Å². The number of hydrogen-bond donors (Lipinski definition) is 4. The number of carbonyl (C=O) groups excluding carboxylic acids is 1. The minimum atomic E-state index is -4.82. The number of hydrogen-bond acceptors (Lipinski definition) is 11. The molecular formula is C13H18N8O6S. The summed E-state index contributed by atoms with van der Waals surface area (Å²) in [5, 5.41) is 11.5. The van der Waals surface area contributed by atoms with E-state index in [0.29, 0.717) is 6.42 Å². The van der Waals surface area contributed by atoms with E-state index in [-0.39, 0.29) is 29.7 Å². The first kappa shape index (κ1) is 17.6. The number of amides is 2. The minimum Gasteiger partial charge on any atom is -0.421 e. The maximum atomic E-state index is 12.7. The molecule has 14 nitrogen and oxygen atoms in total. The van der Waals surface area contributed by atoms with Crippen molar-refractivity contribution in [1.29, 1.82) is 0 Å². The molecule has 152 valence electrons. The van der Waals surface area contributed by atoms with Gasteiger partial charge in [-0.2, -0.15) is 13.5 Å². The van der Waals surface area contributed by atoms with E-state index in [1.807, 2.05) is 0 Å². The molecule has 28 heavy (non-hydrogen) atoms. The van der Waals surface area contributed by atoms with Gasteiger partial charge in [0.1, 0.15) is 12.2 Å². The number of nitrogens with zero attached hydrogens (tertiary/aromatic N) is 5. The lowest BCUT2D eigenvalue weighted by Gasteiger charge is -2.34. The Labute approximate surface area is 158 Å². The van der Waals surface area contributed by atoms with Crippen molar-refractivity contribution in [3.8, 4) is 0 Å². The van der Waals surface area contributed by atoms with Crippen molar-refractivity contribution in [3.05, 3.63) is 11.8 Å². The molecule has 5 rings (SSSR count). The van der Waals surface area contributed by atoms with Gasteiger partial charge in [0.05, 0.1) is 6.04 Å². The van der Waals surface area contributed by atoms with Crippen LogP contribution in [-0.2, 0) is 14.7 Å². The largest absolute Gasteiger partial charge is 0.421 e. The summed E-state index contributed by atoms with van der Waals surface area (Å²) < 4.78 is 41.6. The topological polar surface area (TPSA) is 202 Å². The Morgan fingerprint density at radius 1 is 1.32 bits per heavy atom. The first-order valence-electron chi connectivity index (χ1n) is 8.62. The molecule has 6 N–H and O–H groups in total. The molecule has 15 heteroatoms. The van der Waals surface area contributed by atoms with Crippen LogP contribution in [0, 0.1) is 5.41 Å². The third-order valence-corrected chi connectivity index (χ3v) is 6.11. The minimum absolute atomic E-state index is 0.167. The van der Waals surface area contributed by atoms with Crippen LogP contribution in [-0.4, -0.2) is 63.9 Å². The maximum Gasteiger partial charge on any atom is 0.418 e. The van der Waals surface area contributed by atoms with Crippen LogP contribution in [0.3, 0.4) is 0 Å². The summed E-state index contributed by atoms with van der Waals surface area (Å²) in [5.74, 6) is 0.539. The normalized spacial score (nSPS) is 33.4. The van der Waals surface area contributed by atoms with Gasteiger partial charge in [0, 0.05) is 6.54 Å². The van der Waals surface area contributed by atoms with E-state index in [9.17, 15) is 13.2 Å². The van der Waals surface area contributed by atoms with Gasteiger partial charge < -0.3 is 26.1 Å². The Morgan fingerprint density at radius 3 is 2.64 bits per heavy atom. The van der Waals surface area contributed by atoms with Crippen molar-refractivity contribution < 1.29 is 26.5 Å². The molecule has 1 spiro atoms. The zero-order valence-corrected chi connectivity index (χ0v) is 15.2. The molecule has 1 aromatic rings. The number of nitrogens with two attached hydrogens (primary N) is 2. The number of guanidine groups is 1. The van der Waals surface area contributed by atoms with Crippen LogP contribution in [0.15, 0.2) is 9.41 Å². The van der Waals surface area contributed by atoms with Gasteiger partial charge in [-0.05, 0) is 24.7 Å². The Hall–Kier alpha value is -2.49. The molecule has 2 saturated heterocycles. The highest BCUT2D eigenvalue weighted by atomic mass is 32.3. The third-order valence-electron chi connectivity index (χ3n) is 5.76. The summed E-state index contributed by atoms with van der Waals surface area (Å²) in [6.07, 6.45) is 1.49. The van der Waals surface area contributed by atoms with Gasteiger partial charge >= 0.3 is 16.4 Å². The van der Waals surface area contributed by atoms with Gasteiger partial charge in [0.2, 0.25) is 11.8 Å². The first-order valence-corrected chi connectivity index (χ1v) is 9.99. The highest BCUT2D eigenvalue weighted by molar-refractivity contribution is 7.80. The summed E-state index contributed by atoms with van der Waals surface area (Å²) in [6.45, 7) is 0.229. The number of rotatable bonds is 4. The fourth-order valence-electron chi connectivity index (χ4n) is 4.26. The molecule has 0 radical (unpaired) electrons. The van der Waals surface area contributed by atoms with E-state index in [2.05, 4.69) is 24.8 Å². The Balaban J connectivity index is 1.44. The quantitative estimate of drug-likeness (QED) is 0.412. The van der Waals surface area contributed by atoms with Crippen LogP contribution in [0.2, 0.25) is 0 Å². The molecule has 1 saturated carbocycles. The van der Waals surface area contributed by atoms with Crippen LogP contribution in [0.25, 0.3) is 0 Å². The summed E-state index contributed by atoms with van der Waals surface area (Å²) >= 11 is 0. The second-order valence-corrected chi connectivity index (χ2v) is 8.47. The molecule has 2 bridgehead atoms. The van der Waals surface area contributed by atoms with E-state index >= 15 is 0 Å². The molecule has 2 unspecified atom stereocenters. The van der Waals surface area contributed by atoms with E-state index < -0.39 is 40.7 Å². The molecular weight excluding hydrogens is 396 g/mol. The van der Waals surface area contributed by atoms with E-state index in [4.69, 9.17) is 20.4 Å². The van der Waals surface area contributed by atoms with Crippen molar-refractivity contribution in [2.24, 2.45) is 21.9 Å². The van der Waals surface area contributed by atoms with Crippen LogP contribution < -0.4 is 16.8 Å². The van der Waals surface area contributed by atoms with Crippen molar-refractivity contribution in [2.75, 3.05) is 6.54 Å². The summed E-state index contributed by atoms with van der Waals surface area (Å²) in [7, 11) is -4.82. The molecule has 3 fully saturated rings. The smallest absolute Gasteiger partial charge is 0.418 e. The van der Waals surface area contributed by atoms with Crippen LogP contribution >= 0.6 is 0 Å². The van der Waals surface area contributed by atoms with Crippen molar-refractivity contribution in [3.63, 3.8) is 0 Å². The molecule has 4 aliphatic rings. The van der Waals surface area contributed by atoms with Gasteiger partial charge in [-0.1, -0.05) is 0 Å². The lowest BCUT2D eigenvalue weighted by molar-refractivity contribution is -0.0530. The van der Waals surface area contributed by atoms with Gasteiger partial charge in [0.25, 0.3) is 0 Å². The number of nitrogens with one attached hydrogen (secondary N) is 1. The third kappa shape index (κ3) is 2.61. The molecule has 4 heterocycles. The highest BCUT2D eigenvalue weighted by Gasteiger charge is 2.65. The monoisotopic (exact) mass is 414 g/mol. The number of carbonyl (C=O) groups is 1. The second kappa shape index (κ2) is 5.53. The number of piperidine rings is 1. The fourth-order valence-corrected chi connectivity index (χ4v) is 4.63. The van der Waals surface area contributed by atoms with Gasteiger partial charge in [-0.3, -0.25) is 4.55 Å². The Kier molecular flexibility index (Phi) is 3.47. The van der Waals surface area contributed by atoms with E-state index in [1.165, 1.54) is 4.90 Å². The highest BCUT2D eigenvalue weighted by Crippen LogP contribution is 2.61. The summed E-state index contributed by atoms with van der Waals surface area (Å²) in [4.78, 5) is 18.2. The number of hydroxylamine groups is 2. The SMILES string of the molecule is NC1=NC(c2nnc([C@@H]3CC4(CC4)[C@@H]4CN3C(=O)N4OS(=O)(=O)O)o2)C(N)N1. The molecule has 4 atom stereocenters.